The van der Waals surface area contributed by atoms with Gasteiger partial charge in [0.15, 0.2) is 0 Å². The second kappa shape index (κ2) is 8.14. The van der Waals surface area contributed by atoms with Gasteiger partial charge in [0.1, 0.15) is 6.61 Å². The summed E-state index contributed by atoms with van der Waals surface area (Å²) in [6.45, 7) is 0.543. The number of carbonyl (C=O) groups excluding carboxylic acids is 2. The molecule has 0 bridgehead atoms. The predicted molar refractivity (Wildman–Crippen MR) is 88.4 cm³/mol. The Morgan fingerprint density at radius 1 is 1.13 bits per heavy atom. The monoisotopic (exact) mass is 339 g/mol. The minimum atomic E-state index is -3.07. The van der Waals surface area contributed by atoms with Gasteiger partial charge in [0.25, 0.3) is 5.91 Å². The number of nitrogens with zero attached hydrogens (tertiary/aromatic N) is 1. The summed E-state index contributed by atoms with van der Waals surface area (Å²) in [7, 11) is -3.07. The van der Waals surface area contributed by atoms with Crippen LogP contribution in [0.2, 0.25) is 0 Å². The van der Waals surface area contributed by atoms with E-state index < -0.39 is 10.8 Å². The minimum Gasteiger partial charge on any atom is -0.461 e. The Kier molecular flexibility index (Phi) is 6.20. The van der Waals surface area contributed by atoms with E-state index in [9.17, 15) is 18.7 Å². The largest absolute Gasteiger partial charge is 0.461 e. The van der Waals surface area contributed by atoms with Gasteiger partial charge >= 0.3 is 5.97 Å². The topological polar surface area (TPSA) is 87.1 Å². The number of hydrogen-bond donors (Lipinski definition) is 2. The quantitative estimate of drug-likeness (QED) is 0.560. The standard InChI is InChI=1S/C16H21NO5S/c18-15-10-12-23(20,21)17(15)11-6-2-5-9-16(19)22-13-14-7-3-1-4-8-14/h1,3-4,7-8,10,12,20-21H,2,5-6,9,11,13H2. The van der Waals surface area contributed by atoms with Crippen molar-refractivity contribution in [2.75, 3.05) is 6.54 Å². The fourth-order valence-electron chi connectivity index (χ4n) is 2.19. The maximum atomic E-state index is 11.6. The Morgan fingerprint density at radius 2 is 1.87 bits per heavy atom. The summed E-state index contributed by atoms with van der Waals surface area (Å²) in [6.07, 6.45) is 3.45. The van der Waals surface area contributed by atoms with E-state index in [0.717, 1.165) is 15.3 Å². The lowest BCUT2D eigenvalue weighted by molar-refractivity contribution is -0.145. The number of carbonyl (C=O) groups is 2. The molecule has 23 heavy (non-hydrogen) atoms. The van der Waals surface area contributed by atoms with Gasteiger partial charge in [-0.05, 0) is 18.4 Å². The first-order chi connectivity index (χ1) is 11.0. The highest BCUT2D eigenvalue weighted by Crippen LogP contribution is 2.48. The van der Waals surface area contributed by atoms with Crippen molar-refractivity contribution in [3.63, 3.8) is 0 Å². The number of hydrogen-bond acceptors (Lipinski definition) is 5. The van der Waals surface area contributed by atoms with Crippen LogP contribution in [0.15, 0.2) is 41.8 Å². The number of benzene rings is 1. The average molecular weight is 339 g/mol. The Balaban J connectivity index is 1.57. The van der Waals surface area contributed by atoms with Gasteiger partial charge in [-0.2, -0.15) is 0 Å². The summed E-state index contributed by atoms with van der Waals surface area (Å²) in [6, 6.07) is 9.48. The van der Waals surface area contributed by atoms with Gasteiger partial charge in [0.2, 0.25) is 0 Å². The second-order valence-electron chi connectivity index (χ2n) is 5.26. The Bertz CT molecular complexity index is 573. The van der Waals surface area contributed by atoms with E-state index in [1.54, 1.807) is 0 Å². The van der Waals surface area contributed by atoms with Gasteiger partial charge < -0.3 is 4.74 Å². The van der Waals surface area contributed by atoms with E-state index >= 15 is 0 Å². The normalized spacial score (nSPS) is 17.3. The molecular weight excluding hydrogens is 318 g/mol. The zero-order chi connectivity index (χ0) is 16.7. The summed E-state index contributed by atoms with van der Waals surface area (Å²) in [4.78, 5) is 23.1. The maximum absolute atomic E-state index is 11.6. The highest BCUT2D eigenvalue weighted by molar-refractivity contribution is 8.25. The number of ether oxygens (including phenoxy) is 1. The van der Waals surface area contributed by atoms with Gasteiger partial charge in [-0.1, -0.05) is 47.5 Å². The molecule has 0 saturated heterocycles. The van der Waals surface area contributed by atoms with Crippen molar-refractivity contribution in [1.82, 2.24) is 4.31 Å². The first-order valence-corrected chi connectivity index (χ1v) is 9.03. The maximum Gasteiger partial charge on any atom is 0.306 e. The molecule has 6 nitrogen and oxygen atoms in total. The highest BCUT2D eigenvalue weighted by atomic mass is 32.3. The van der Waals surface area contributed by atoms with Gasteiger partial charge in [-0.25, -0.2) is 4.31 Å². The van der Waals surface area contributed by atoms with Crippen LogP contribution in [-0.2, 0) is 20.9 Å². The van der Waals surface area contributed by atoms with Crippen LogP contribution in [0.3, 0.4) is 0 Å². The van der Waals surface area contributed by atoms with Crippen LogP contribution in [0.4, 0.5) is 0 Å². The molecule has 0 saturated carbocycles. The van der Waals surface area contributed by atoms with Crippen molar-refractivity contribution in [3.05, 3.63) is 47.4 Å². The van der Waals surface area contributed by atoms with Crippen molar-refractivity contribution < 1.29 is 23.4 Å². The summed E-state index contributed by atoms with van der Waals surface area (Å²) in [5, 5.41) is 1.14. The molecular formula is C16H21NO5S. The van der Waals surface area contributed by atoms with Crippen LogP contribution in [0, 0.1) is 0 Å². The van der Waals surface area contributed by atoms with Crippen molar-refractivity contribution in [2.24, 2.45) is 0 Å². The molecule has 2 N–H and O–H groups in total. The van der Waals surface area contributed by atoms with E-state index in [0.29, 0.717) is 25.7 Å². The Labute approximate surface area is 137 Å². The molecule has 0 fully saturated rings. The second-order valence-corrected chi connectivity index (χ2v) is 7.10. The molecule has 2 rings (SSSR count). The van der Waals surface area contributed by atoms with Crippen molar-refractivity contribution >= 4 is 22.7 Å². The van der Waals surface area contributed by atoms with Gasteiger partial charge in [0.05, 0.1) is 0 Å². The molecule has 126 valence electrons. The lowest BCUT2D eigenvalue weighted by Gasteiger charge is -2.35. The van der Waals surface area contributed by atoms with E-state index in [2.05, 4.69) is 0 Å². The molecule has 0 aliphatic carbocycles. The molecule has 0 aromatic heterocycles. The molecule has 0 spiro atoms. The minimum absolute atomic E-state index is 0.253. The fourth-order valence-corrected chi connectivity index (χ4v) is 3.36. The van der Waals surface area contributed by atoms with Crippen LogP contribution >= 0.6 is 10.8 Å². The number of esters is 1. The van der Waals surface area contributed by atoms with Crippen LogP contribution in [0.5, 0.6) is 0 Å². The fraction of sp³-hybridized carbons (Fsp3) is 0.375. The molecule has 7 heteroatoms. The van der Waals surface area contributed by atoms with E-state index in [-0.39, 0.29) is 25.0 Å². The summed E-state index contributed by atoms with van der Waals surface area (Å²) in [5.41, 5.74) is 0.950. The number of rotatable bonds is 8. The van der Waals surface area contributed by atoms with E-state index in [1.807, 2.05) is 30.3 Å². The molecule has 0 unspecified atom stereocenters. The summed E-state index contributed by atoms with van der Waals surface area (Å²) >= 11 is 0. The van der Waals surface area contributed by atoms with Crippen molar-refractivity contribution in [3.8, 4) is 0 Å². The molecule has 1 aromatic carbocycles. The lowest BCUT2D eigenvalue weighted by atomic mass is 10.2. The molecule has 1 aromatic rings. The third-order valence-corrected chi connectivity index (χ3v) is 4.96. The Hall–Kier alpha value is -1.83. The molecule has 1 aliphatic rings. The zero-order valence-corrected chi connectivity index (χ0v) is 13.6. The van der Waals surface area contributed by atoms with Crippen LogP contribution in [-0.4, -0.2) is 31.8 Å². The number of unbranched alkanes of at least 4 members (excludes halogenated alkanes) is 2. The molecule has 1 aliphatic heterocycles. The number of amides is 1. The smallest absolute Gasteiger partial charge is 0.306 e. The SMILES string of the molecule is O=C(CCCCCN1C(=O)C=CS1(O)O)OCc1ccccc1. The lowest BCUT2D eigenvalue weighted by Crippen LogP contribution is -2.28. The van der Waals surface area contributed by atoms with Gasteiger partial charge in [-0.3, -0.25) is 18.7 Å². The highest BCUT2D eigenvalue weighted by Gasteiger charge is 2.29. The van der Waals surface area contributed by atoms with Crippen LogP contribution in [0.1, 0.15) is 31.2 Å². The van der Waals surface area contributed by atoms with E-state index in [4.69, 9.17) is 4.74 Å². The first kappa shape index (κ1) is 17.5. The third kappa shape index (κ3) is 5.38. The molecule has 1 amide bonds. The van der Waals surface area contributed by atoms with Crippen LogP contribution < -0.4 is 0 Å². The summed E-state index contributed by atoms with van der Waals surface area (Å²) < 4.78 is 25.5. The third-order valence-electron chi connectivity index (χ3n) is 3.45. The predicted octanol–water partition coefficient (Wildman–Crippen LogP) is 3.31. The molecule has 1 heterocycles. The van der Waals surface area contributed by atoms with Crippen molar-refractivity contribution in [2.45, 2.75) is 32.3 Å². The molecule has 0 radical (unpaired) electrons. The first-order valence-electron chi connectivity index (χ1n) is 7.46. The van der Waals surface area contributed by atoms with Crippen molar-refractivity contribution in [1.29, 1.82) is 0 Å². The average Bonchev–Trinajstić information content (AvgIpc) is 2.80. The van der Waals surface area contributed by atoms with Gasteiger partial charge in [-0.15, -0.1) is 0 Å². The van der Waals surface area contributed by atoms with Gasteiger partial charge in [0, 0.05) is 24.4 Å². The zero-order valence-electron chi connectivity index (χ0n) is 12.8. The molecule has 0 atom stereocenters. The van der Waals surface area contributed by atoms with Crippen LogP contribution in [0.25, 0.3) is 0 Å². The van der Waals surface area contributed by atoms with E-state index in [1.165, 1.54) is 6.08 Å². The Morgan fingerprint density at radius 3 is 2.52 bits per heavy atom. The summed E-state index contributed by atoms with van der Waals surface area (Å²) in [5.74, 6) is -0.635.